The Morgan fingerprint density at radius 2 is 1.86 bits per heavy atom. The summed E-state index contributed by atoms with van der Waals surface area (Å²) in [6.07, 6.45) is 0. The van der Waals surface area contributed by atoms with Gasteiger partial charge in [-0.15, -0.1) is 12.4 Å². The standard InChI is InChI=1S/C17H20BrNO2.ClH/c1-3-19-11-14-9-15(18)10-16(20-2)17(14)21-12-13-7-5-4-6-8-13;/h4-10,19H,3,11-12H2,1-2H3;1H. The van der Waals surface area contributed by atoms with E-state index in [1.54, 1.807) is 7.11 Å². The van der Waals surface area contributed by atoms with Crippen LogP contribution < -0.4 is 14.8 Å². The number of hydrogen-bond acceptors (Lipinski definition) is 3. The molecule has 0 bridgehead atoms. The molecule has 0 aromatic heterocycles. The second-order valence-electron chi connectivity index (χ2n) is 4.65. The lowest BCUT2D eigenvalue weighted by molar-refractivity contribution is 0.280. The second-order valence-corrected chi connectivity index (χ2v) is 5.57. The predicted octanol–water partition coefficient (Wildman–Crippen LogP) is 4.57. The molecule has 1 N–H and O–H groups in total. The Balaban J connectivity index is 0.00000242. The van der Waals surface area contributed by atoms with Crippen molar-refractivity contribution in [2.45, 2.75) is 20.1 Å². The van der Waals surface area contributed by atoms with Crippen LogP contribution in [0.5, 0.6) is 11.5 Å². The largest absolute Gasteiger partial charge is 0.493 e. The van der Waals surface area contributed by atoms with E-state index in [4.69, 9.17) is 9.47 Å². The van der Waals surface area contributed by atoms with Crippen molar-refractivity contribution >= 4 is 28.3 Å². The van der Waals surface area contributed by atoms with Crippen molar-refractivity contribution in [1.29, 1.82) is 0 Å². The molecule has 3 nitrogen and oxygen atoms in total. The van der Waals surface area contributed by atoms with Gasteiger partial charge in [0.2, 0.25) is 0 Å². The first-order chi connectivity index (χ1) is 10.2. The molecule has 0 saturated heterocycles. The van der Waals surface area contributed by atoms with E-state index in [1.165, 1.54) is 0 Å². The number of ether oxygens (including phenoxy) is 2. The summed E-state index contributed by atoms with van der Waals surface area (Å²) in [5, 5.41) is 3.33. The molecule has 0 aliphatic heterocycles. The summed E-state index contributed by atoms with van der Waals surface area (Å²) in [5.74, 6) is 1.54. The molecule has 0 spiro atoms. The fourth-order valence-electron chi connectivity index (χ4n) is 2.06. The zero-order valence-electron chi connectivity index (χ0n) is 12.8. The monoisotopic (exact) mass is 385 g/mol. The maximum Gasteiger partial charge on any atom is 0.166 e. The highest BCUT2D eigenvalue weighted by Gasteiger charge is 2.12. The number of rotatable bonds is 7. The van der Waals surface area contributed by atoms with Gasteiger partial charge in [-0.1, -0.05) is 53.2 Å². The van der Waals surface area contributed by atoms with Crippen molar-refractivity contribution in [2.75, 3.05) is 13.7 Å². The van der Waals surface area contributed by atoms with Crippen LogP contribution in [0.2, 0.25) is 0 Å². The number of methoxy groups -OCH3 is 1. The molecule has 120 valence electrons. The van der Waals surface area contributed by atoms with E-state index < -0.39 is 0 Å². The zero-order chi connectivity index (χ0) is 15.1. The molecule has 0 amide bonds. The molecule has 0 aliphatic rings. The van der Waals surface area contributed by atoms with Crippen LogP contribution in [0, 0.1) is 0 Å². The first kappa shape index (κ1) is 18.8. The maximum absolute atomic E-state index is 6.01. The van der Waals surface area contributed by atoms with Gasteiger partial charge in [0.15, 0.2) is 11.5 Å². The lowest BCUT2D eigenvalue weighted by atomic mass is 10.1. The molecule has 2 rings (SSSR count). The van der Waals surface area contributed by atoms with Crippen LogP contribution in [0.3, 0.4) is 0 Å². The Morgan fingerprint density at radius 3 is 2.50 bits per heavy atom. The molecule has 0 saturated carbocycles. The summed E-state index contributed by atoms with van der Waals surface area (Å²) in [6.45, 7) is 4.26. The third kappa shape index (κ3) is 5.20. The quantitative estimate of drug-likeness (QED) is 0.756. The van der Waals surface area contributed by atoms with Gasteiger partial charge in [0.25, 0.3) is 0 Å². The van der Waals surface area contributed by atoms with Gasteiger partial charge in [-0.25, -0.2) is 0 Å². The van der Waals surface area contributed by atoms with Gasteiger partial charge in [0.05, 0.1) is 7.11 Å². The molecular weight excluding hydrogens is 366 g/mol. The summed E-state index contributed by atoms with van der Waals surface area (Å²) >= 11 is 3.51. The SMILES string of the molecule is CCNCc1cc(Br)cc(OC)c1OCc1ccccc1.Cl. The number of nitrogens with one attached hydrogen (secondary N) is 1. The van der Waals surface area contributed by atoms with E-state index >= 15 is 0 Å². The van der Waals surface area contributed by atoms with Crippen molar-refractivity contribution in [3.63, 3.8) is 0 Å². The number of hydrogen-bond donors (Lipinski definition) is 1. The highest BCUT2D eigenvalue weighted by molar-refractivity contribution is 9.10. The van der Waals surface area contributed by atoms with Gasteiger partial charge in [-0.2, -0.15) is 0 Å². The normalized spacial score (nSPS) is 9.95. The topological polar surface area (TPSA) is 30.5 Å². The van der Waals surface area contributed by atoms with Gasteiger partial charge in [-0.3, -0.25) is 0 Å². The van der Waals surface area contributed by atoms with E-state index in [1.807, 2.05) is 24.3 Å². The van der Waals surface area contributed by atoms with E-state index in [9.17, 15) is 0 Å². The van der Waals surface area contributed by atoms with Gasteiger partial charge < -0.3 is 14.8 Å². The minimum atomic E-state index is 0. The molecule has 22 heavy (non-hydrogen) atoms. The third-order valence-corrected chi connectivity index (χ3v) is 3.57. The van der Waals surface area contributed by atoms with Crippen LogP contribution in [0.25, 0.3) is 0 Å². The van der Waals surface area contributed by atoms with Crippen molar-refractivity contribution in [3.8, 4) is 11.5 Å². The molecular formula is C17H21BrClNO2. The highest BCUT2D eigenvalue weighted by atomic mass is 79.9. The summed E-state index contributed by atoms with van der Waals surface area (Å²) in [5.41, 5.74) is 2.22. The lowest BCUT2D eigenvalue weighted by Gasteiger charge is -2.16. The third-order valence-electron chi connectivity index (χ3n) is 3.11. The lowest BCUT2D eigenvalue weighted by Crippen LogP contribution is -2.13. The molecule has 0 radical (unpaired) electrons. The molecule has 0 unspecified atom stereocenters. The molecule has 5 heteroatoms. The minimum Gasteiger partial charge on any atom is -0.493 e. The Morgan fingerprint density at radius 1 is 1.14 bits per heavy atom. The first-order valence-electron chi connectivity index (χ1n) is 6.98. The van der Waals surface area contributed by atoms with E-state index in [2.05, 4.69) is 46.4 Å². The van der Waals surface area contributed by atoms with Gasteiger partial charge in [0, 0.05) is 16.6 Å². The van der Waals surface area contributed by atoms with Crippen LogP contribution in [-0.4, -0.2) is 13.7 Å². The summed E-state index contributed by atoms with van der Waals surface area (Å²) < 4.78 is 12.4. The van der Waals surface area contributed by atoms with Gasteiger partial charge in [0.1, 0.15) is 6.61 Å². The minimum absolute atomic E-state index is 0. The molecule has 2 aromatic carbocycles. The molecule has 0 heterocycles. The Labute approximate surface area is 146 Å². The second kappa shape index (κ2) is 9.72. The van der Waals surface area contributed by atoms with Crippen LogP contribution in [-0.2, 0) is 13.2 Å². The van der Waals surface area contributed by atoms with Crippen LogP contribution in [0.15, 0.2) is 46.9 Å². The number of halogens is 2. The zero-order valence-corrected chi connectivity index (χ0v) is 15.2. The van der Waals surface area contributed by atoms with E-state index in [0.717, 1.165) is 40.2 Å². The first-order valence-corrected chi connectivity index (χ1v) is 7.77. The van der Waals surface area contributed by atoms with Crippen molar-refractivity contribution in [3.05, 3.63) is 58.1 Å². The van der Waals surface area contributed by atoms with Gasteiger partial charge >= 0.3 is 0 Å². The molecule has 2 aromatic rings. The van der Waals surface area contributed by atoms with Crippen LogP contribution >= 0.6 is 28.3 Å². The van der Waals surface area contributed by atoms with Crippen molar-refractivity contribution in [2.24, 2.45) is 0 Å². The average molecular weight is 387 g/mol. The predicted molar refractivity (Wildman–Crippen MR) is 96.1 cm³/mol. The molecule has 0 fully saturated rings. The van der Waals surface area contributed by atoms with E-state index in [-0.39, 0.29) is 12.4 Å². The average Bonchev–Trinajstić information content (AvgIpc) is 2.52. The maximum atomic E-state index is 6.01. The van der Waals surface area contributed by atoms with Crippen molar-refractivity contribution < 1.29 is 9.47 Å². The van der Waals surface area contributed by atoms with Gasteiger partial charge in [-0.05, 0) is 24.2 Å². The van der Waals surface area contributed by atoms with Crippen LogP contribution in [0.4, 0.5) is 0 Å². The fraction of sp³-hybridized carbons (Fsp3) is 0.294. The Hall–Kier alpha value is -1.23. The van der Waals surface area contributed by atoms with E-state index in [0.29, 0.717) is 6.61 Å². The van der Waals surface area contributed by atoms with Crippen LogP contribution in [0.1, 0.15) is 18.1 Å². The smallest absolute Gasteiger partial charge is 0.166 e. The molecule has 0 aliphatic carbocycles. The summed E-state index contributed by atoms with van der Waals surface area (Å²) in [6, 6.07) is 14.1. The summed E-state index contributed by atoms with van der Waals surface area (Å²) in [4.78, 5) is 0. The number of benzene rings is 2. The van der Waals surface area contributed by atoms with Crippen molar-refractivity contribution in [1.82, 2.24) is 5.32 Å². The summed E-state index contributed by atoms with van der Waals surface area (Å²) in [7, 11) is 1.66. The molecule has 0 atom stereocenters. The Bertz CT molecular complexity index is 578. The highest BCUT2D eigenvalue weighted by Crippen LogP contribution is 2.35. The Kier molecular flexibility index (Phi) is 8.31. The fourth-order valence-corrected chi connectivity index (χ4v) is 2.54.